The maximum Gasteiger partial charge on any atom is 0.311 e. The summed E-state index contributed by atoms with van der Waals surface area (Å²) < 4.78 is 18.7. The van der Waals surface area contributed by atoms with E-state index < -0.39 is 17.9 Å². The van der Waals surface area contributed by atoms with E-state index in [-0.39, 0.29) is 6.42 Å². The molecule has 8 nitrogen and oxygen atoms in total. The van der Waals surface area contributed by atoms with E-state index in [1.54, 1.807) is 31.3 Å². The summed E-state index contributed by atoms with van der Waals surface area (Å²) in [6.07, 6.45) is 0.922. The lowest BCUT2D eigenvalue weighted by Gasteiger charge is -2.08. The number of halogens is 2. The van der Waals surface area contributed by atoms with Gasteiger partial charge in [0.2, 0.25) is 0 Å². The van der Waals surface area contributed by atoms with Gasteiger partial charge in [-0.25, -0.2) is 19.3 Å². The fraction of sp³-hybridized carbons (Fsp3) is 0.280. The van der Waals surface area contributed by atoms with Crippen LogP contribution in [0.1, 0.15) is 43.1 Å². The number of nitrogens with zero attached hydrogens (tertiary/aromatic N) is 3. The first-order chi connectivity index (χ1) is 17.8. The lowest BCUT2D eigenvalue weighted by Crippen LogP contribution is -2.06. The zero-order valence-electron chi connectivity index (χ0n) is 20.7. The standard InChI is InChI=1S/C23H21ClFN5O3S2.C2H6/c1-12(31)22-28-17(8-20(32)33-2)21(35-22)18-11-34-23(29-18)30-19-6-3-13(10-27-19)9-26-16-5-4-14(24)7-15(16)25;1-2/h3-7,10-12,26,31H,8-9H2,1-2H3,(H,27,29,30);1-2H3. The number of aliphatic hydroxyl groups is 1. The second kappa shape index (κ2) is 13.4. The van der Waals surface area contributed by atoms with Crippen LogP contribution in [0.3, 0.4) is 0 Å². The molecule has 0 bridgehead atoms. The van der Waals surface area contributed by atoms with Gasteiger partial charge in [-0.05, 0) is 36.8 Å². The summed E-state index contributed by atoms with van der Waals surface area (Å²) in [5, 5.41) is 19.4. The third-order valence-electron chi connectivity index (χ3n) is 4.82. The molecule has 0 saturated carbocycles. The van der Waals surface area contributed by atoms with Gasteiger partial charge in [-0.15, -0.1) is 22.7 Å². The number of rotatable bonds is 9. The van der Waals surface area contributed by atoms with Crippen LogP contribution in [0.15, 0.2) is 41.9 Å². The van der Waals surface area contributed by atoms with E-state index in [0.29, 0.717) is 49.5 Å². The lowest BCUT2D eigenvalue weighted by atomic mass is 10.2. The number of aromatic nitrogens is 3. The predicted octanol–water partition coefficient (Wildman–Crippen LogP) is 6.60. The van der Waals surface area contributed by atoms with Crippen molar-refractivity contribution in [2.45, 2.75) is 39.8 Å². The second-order valence-corrected chi connectivity index (χ2v) is 9.77. The Bertz CT molecular complexity index is 1330. The second-order valence-electron chi connectivity index (χ2n) is 7.45. The highest BCUT2D eigenvalue weighted by Gasteiger charge is 2.20. The predicted molar refractivity (Wildman–Crippen MR) is 147 cm³/mol. The van der Waals surface area contributed by atoms with Crippen molar-refractivity contribution in [1.29, 1.82) is 0 Å². The van der Waals surface area contributed by atoms with Crippen LogP contribution in [0.2, 0.25) is 5.02 Å². The molecule has 196 valence electrons. The molecule has 12 heteroatoms. The third kappa shape index (κ3) is 7.68. The molecule has 0 fully saturated rings. The van der Waals surface area contributed by atoms with Crippen LogP contribution < -0.4 is 10.6 Å². The molecule has 0 aliphatic carbocycles. The summed E-state index contributed by atoms with van der Waals surface area (Å²) >= 11 is 8.45. The Hall–Kier alpha value is -3.12. The summed E-state index contributed by atoms with van der Waals surface area (Å²) in [4.78, 5) is 25.9. The first-order valence-corrected chi connectivity index (χ1v) is 13.5. The summed E-state index contributed by atoms with van der Waals surface area (Å²) in [6, 6.07) is 8.14. The van der Waals surface area contributed by atoms with Gasteiger partial charge >= 0.3 is 5.97 Å². The van der Waals surface area contributed by atoms with Gasteiger partial charge < -0.3 is 20.5 Å². The molecular weight excluding hydrogens is 537 g/mol. The molecular formula is C25H27ClFN5O3S2. The molecule has 0 spiro atoms. The maximum atomic E-state index is 13.9. The van der Waals surface area contributed by atoms with E-state index in [9.17, 15) is 14.3 Å². The molecule has 0 amide bonds. The molecule has 4 aromatic rings. The Kier molecular flexibility index (Phi) is 10.3. The Morgan fingerprint density at radius 3 is 2.68 bits per heavy atom. The minimum absolute atomic E-state index is 0.00762. The van der Waals surface area contributed by atoms with Crippen LogP contribution in [-0.4, -0.2) is 33.1 Å². The lowest BCUT2D eigenvalue weighted by molar-refractivity contribution is -0.139. The van der Waals surface area contributed by atoms with Crippen LogP contribution in [0.25, 0.3) is 10.6 Å². The summed E-state index contributed by atoms with van der Waals surface area (Å²) in [7, 11) is 1.32. The normalized spacial score (nSPS) is 11.3. The van der Waals surface area contributed by atoms with Crippen molar-refractivity contribution in [3.63, 3.8) is 0 Å². The Morgan fingerprint density at radius 2 is 2.03 bits per heavy atom. The van der Waals surface area contributed by atoms with Crippen LogP contribution >= 0.6 is 34.3 Å². The minimum atomic E-state index is -0.755. The highest BCUT2D eigenvalue weighted by atomic mass is 35.5. The van der Waals surface area contributed by atoms with Gasteiger partial charge in [-0.1, -0.05) is 31.5 Å². The molecule has 3 aromatic heterocycles. The number of methoxy groups -OCH3 is 1. The Morgan fingerprint density at radius 1 is 1.24 bits per heavy atom. The largest absolute Gasteiger partial charge is 0.469 e. The molecule has 0 radical (unpaired) electrons. The number of carbonyl (C=O) groups is 1. The van der Waals surface area contributed by atoms with Crippen molar-refractivity contribution in [1.82, 2.24) is 15.0 Å². The number of pyridine rings is 1. The number of anilines is 3. The van der Waals surface area contributed by atoms with Crippen molar-refractivity contribution in [3.05, 3.63) is 69.0 Å². The summed E-state index contributed by atoms with van der Waals surface area (Å²) in [5.41, 5.74) is 2.39. The minimum Gasteiger partial charge on any atom is -0.469 e. The number of benzene rings is 1. The molecule has 3 N–H and O–H groups in total. The quantitative estimate of drug-likeness (QED) is 0.195. The number of ether oxygens (including phenoxy) is 1. The van der Waals surface area contributed by atoms with Gasteiger partial charge in [0, 0.05) is 23.1 Å². The smallest absolute Gasteiger partial charge is 0.311 e. The fourth-order valence-electron chi connectivity index (χ4n) is 3.06. The molecule has 0 aliphatic rings. The first-order valence-electron chi connectivity index (χ1n) is 11.4. The van der Waals surface area contributed by atoms with Gasteiger partial charge in [-0.3, -0.25) is 4.79 Å². The average Bonchev–Trinajstić information content (AvgIpc) is 3.52. The third-order valence-corrected chi connectivity index (χ3v) is 7.10. The first kappa shape index (κ1) is 28.5. The van der Waals surface area contributed by atoms with E-state index in [0.717, 1.165) is 5.56 Å². The summed E-state index contributed by atoms with van der Waals surface area (Å²) in [5.74, 6) is -0.240. The fourth-order valence-corrected chi connectivity index (χ4v) is 4.98. The van der Waals surface area contributed by atoms with Crippen molar-refractivity contribution < 1.29 is 19.0 Å². The summed E-state index contributed by atoms with van der Waals surface area (Å²) in [6.45, 7) is 6.02. The van der Waals surface area contributed by atoms with Gasteiger partial charge in [-0.2, -0.15) is 0 Å². The van der Waals surface area contributed by atoms with E-state index in [1.165, 1.54) is 35.8 Å². The van der Waals surface area contributed by atoms with Gasteiger partial charge in [0.25, 0.3) is 0 Å². The topological polar surface area (TPSA) is 109 Å². The molecule has 1 atom stereocenters. The van der Waals surface area contributed by atoms with Gasteiger partial charge in [0.15, 0.2) is 5.13 Å². The van der Waals surface area contributed by atoms with E-state index >= 15 is 0 Å². The monoisotopic (exact) mass is 563 g/mol. The molecule has 1 aromatic carbocycles. The Labute approximate surface area is 227 Å². The van der Waals surface area contributed by atoms with Crippen LogP contribution in [0.5, 0.6) is 0 Å². The number of hydrogen-bond acceptors (Lipinski definition) is 10. The zero-order valence-corrected chi connectivity index (χ0v) is 23.1. The molecule has 0 saturated heterocycles. The van der Waals surface area contributed by atoms with Gasteiger partial charge in [0.05, 0.1) is 35.5 Å². The maximum absolute atomic E-state index is 13.9. The van der Waals surface area contributed by atoms with Crippen molar-refractivity contribution in [2.24, 2.45) is 0 Å². The van der Waals surface area contributed by atoms with E-state index in [1.807, 2.05) is 25.3 Å². The van der Waals surface area contributed by atoms with E-state index in [4.69, 9.17) is 16.3 Å². The number of carbonyl (C=O) groups excluding carboxylic acids is 1. The molecule has 3 heterocycles. The van der Waals surface area contributed by atoms with Crippen LogP contribution in [0, 0.1) is 5.82 Å². The number of thiazole rings is 2. The Balaban J connectivity index is 0.00000186. The van der Waals surface area contributed by atoms with Gasteiger partial charge in [0.1, 0.15) is 22.7 Å². The number of nitrogens with one attached hydrogen (secondary N) is 2. The molecule has 0 aliphatic heterocycles. The zero-order chi connectivity index (χ0) is 26.9. The number of esters is 1. The number of aliphatic hydroxyl groups excluding tert-OH is 1. The number of hydrogen-bond donors (Lipinski definition) is 3. The highest BCUT2D eigenvalue weighted by molar-refractivity contribution is 7.17. The molecule has 1 unspecified atom stereocenters. The van der Waals surface area contributed by atoms with Crippen molar-refractivity contribution in [2.75, 3.05) is 17.7 Å². The molecule has 4 rings (SSSR count). The van der Waals surface area contributed by atoms with Crippen molar-refractivity contribution >= 4 is 56.9 Å². The SMILES string of the molecule is CC.COC(=O)Cc1nc(C(C)O)sc1-c1csc(Nc2ccc(CNc3ccc(Cl)cc3F)cn2)n1. The molecule has 37 heavy (non-hydrogen) atoms. The van der Waals surface area contributed by atoms with E-state index in [2.05, 4.69) is 25.6 Å². The van der Waals surface area contributed by atoms with Crippen molar-refractivity contribution in [3.8, 4) is 10.6 Å². The average molecular weight is 564 g/mol. The van der Waals surface area contributed by atoms with Crippen LogP contribution in [-0.2, 0) is 22.5 Å². The highest BCUT2D eigenvalue weighted by Crippen LogP contribution is 2.35. The van der Waals surface area contributed by atoms with Crippen LogP contribution in [0.4, 0.5) is 21.0 Å².